The molecular weight excluding hydrogens is 422 g/mol. The summed E-state index contributed by atoms with van der Waals surface area (Å²) in [5.74, 6) is -1.01. The van der Waals surface area contributed by atoms with Crippen LogP contribution in [0, 0.1) is 13.8 Å². The van der Waals surface area contributed by atoms with Crippen molar-refractivity contribution in [3.8, 4) is 11.3 Å². The summed E-state index contributed by atoms with van der Waals surface area (Å²) in [6, 6.07) is 19.4. The van der Waals surface area contributed by atoms with E-state index in [4.69, 9.17) is 5.73 Å². The highest BCUT2D eigenvalue weighted by molar-refractivity contribution is 7.20. The van der Waals surface area contributed by atoms with Crippen LogP contribution in [0.5, 0.6) is 0 Å². The Kier molecular flexibility index (Phi) is 5.79. The molecular formula is C24H23N5O2S. The van der Waals surface area contributed by atoms with E-state index in [-0.39, 0.29) is 11.6 Å². The Labute approximate surface area is 189 Å². The highest BCUT2D eigenvalue weighted by atomic mass is 32.1. The standard InChI is InChI=1S/C24H23N5O2S/c1-14-18(15(2)29(3)20(14)16-10-6-4-7-11-16)22(31)28-23-19(21(25)30)27-24(32-23)26-17-12-8-5-9-13-17/h4-13H,1-3H3,(H2,25,30)(H,26,27)(H,28,31). The van der Waals surface area contributed by atoms with Crippen LogP contribution in [-0.2, 0) is 7.05 Å². The zero-order valence-corrected chi connectivity index (χ0v) is 18.8. The lowest BCUT2D eigenvalue weighted by Crippen LogP contribution is -2.18. The third kappa shape index (κ3) is 4.00. The van der Waals surface area contributed by atoms with Gasteiger partial charge >= 0.3 is 0 Å². The third-order valence-corrected chi connectivity index (χ3v) is 6.20. The summed E-state index contributed by atoms with van der Waals surface area (Å²) in [5.41, 5.74) is 10.6. The molecule has 0 saturated heterocycles. The molecule has 4 rings (SSSR count). The highest BCUT2D eigenvalue weighted by Gasteiger charge is 2.24. The van der Waals surface area contributed by atoms with Crippen molar-refractivity contribution in [2.45, 2.75) is 13.8 Å². The second-order valence-electron chi connectivity index (χ2n) is 7.37. The van der Waals surface area contributed by atoms with E-state index in [1.54, 1.807) is 0 Å². The molecule has 2 aromatic carbocycles. The van der Waals surface area contributed by atoms with E-state index in [0.717, 1.165) is 39.5 Å². The minimum atomic E-state index is -0.704. The SMILES string of the molecule is Cc1c(C(=O)Nc2sc(Nc3ccccc3)nc2C(N)=O)c(C)n(C)c1-c1ccccc1. The molecule has 0 bridgehead atoms. The number of amides is 2. The summed E-state index contributed by atoms with van der Waals surface area (Å²) in [6.07, 6.45) is 0. The number of hydrogen-bond acceptors (Lipinski definition) is 5. The first kappa shape index (κ1) is 21.3. The van der Waals surface area contributed by atoms with Crippen molar-refractivity contribution in [1.29, 1.82) is 0 Å². The zero-order chi connectivity index (χ0) is 22.8. The Morgan fingerprint density at radius 1 is 1.00 bits per heavy atom. The average Bonchev–Trinajstić information content (AvgIpc) is 3.27. The molecule has 8 heteroatoms. The molecule has 0 unspecified atom stereocenters. The van der Waals surface area contributed by atoms with Crippen LogP contribution < -0.4 is 16.4 Å². The second-order valence-corrected chi connectivity index (χ2v) is 8.36. The molecule has 0 aliphatic rings. The molecule has 2 amide bonds. The Balaban J connectivity index is 1.67. The molecule has 4 N–H and O–H groups in total. The van der Waals surface area contributed by atoms with Gasteiger partial charge in [0.2, 0.25) is 0 Å². The first-order chi connectivity index (χ1) is 15.4. The Hall–Kier alpha value is -3.91. The fourth-order valence-corrected chi connectivity index (χ4v) is 4.64. The van der Waals surface area contributed by atoms with Crippen molar-refractivity contribution in [2.75, 3.05) is 10.6 Å². The number of thiazole rings is 1. The minimum Gasteiger partial charge on any atom is -0.364 e. The molecule has 0 spiro atoms. The first-order valence-electron chi connectivity index (χ1n) is 10.0. The van der Waals surface area contributed by atoms with Gasteiger partial charge < -0.3 is 20.9 Å². The summed E-state index contributed by atoms with van der Waals surface area (Å²) in [6.45, 7) is 3.83. The topological polar surface area (TPSA) is 102 Å². The van der Waals surface area contributed by atoms with Crippen molar-refractivity contribution in [3.05, 3.63) is 83.2 Å². The van der Waals surface area contributed by atoms with Gasteiger partial charge in [0.1, 0.15) is 5.00 Å². The number of carbonyl (C=O) groups excluding carboxylic acids is 2. The minimum absolute atomic E-state index is 0.0244. The summed E-state index contributed by atoms with van der Waals surface area (Å²) < 4.78 is 2.00. The van der Waals surface area contributed by atoms with Crippen molar-refractivity contribution in [3.63, 3.8) is 0 Å². The van der Waals surface area contributed by atoms with E-state index in [2.05, 4.69) is 15.6 Å². The number of nitrogens with two attached hydrogens (primary N) is 1. The van der Waals surface area contributed by atoms with Crippen LogP contribution in [0.4, 0.5) is 15.8 Å². The van der Waals surface area contributed by atoms with Gasteiger partial charge in [-0.05, 0) is 37.1 Å². The quantitative estimate of drug-likeness (QED) is 0.394. The number of hydrogen-bond donors (Lipinski definition) is 3. The van der Waals surface area contributed by atoms with Gasteiger partial charge in [-0.3, -0.25) is 9.59 Å². The van der Waals surface area contributed by atoms with Gasteiger partial charge in [0.05, 0.1) is 11.3 Å². The lowest BCUT2D eigenvalue weighted by atomic mass is 10.0. The Bertz CT molecular complexity index is 1290. The maximum atomic E-state index is 13.3. The number of nitrogens with zero attached hydrogens (tertiary/aromatic N) is 2. The van der Waals surface area contributed by atoms with Crippen molar-refractivity contribution in [2.24, 2.45) is 12.8 Å². The van der Waals surface area contributed by atoms with Gasteiger partial charge in [-0.2, -0.15) is 0 Å². The fraction of sp³-hybridized carbons (Fsp3) is 0.125. The molecule has 0 radical (unpaired) electrons. The van der Waals surface area contributed by atoms with Crippen LogP contribution in [-0.4, -0.2) is 21.4 Å². The Morgan fingerprint density at radius 3 is 2.25 bits per heavy atom. The normalized spacial score (nSPS) is 10.7. The van der Waals surface area contributed by atoms with Gasteiger partial charge in [0.15, 0.2) is 10.8 Å². The molecule has 32 heavy (non-hydrogen) atoms. The number of primary amides is 1. The number of nitrogens with one attached hydrogen (secondary N) is 2. The highest BCUT2D eigenvalue weighted by Crippen LogP contribution is 2.34. The van der Waals surface area contributed by atoms with Gasteiger partial charge in [-0.1, -0.05) is 59.9 Å². The molecule has 0 atom stereocenters. The van der Waals surface area contributed by atoms with E-state index in [1.807, 2.05) is 86.1 Å². The molecule has 2 heterocycles. The number of para-hydroxylation sites is 1. The lowest BCUT2D eigenvalue weighted by molar-refractivity contribution is 0.0997. The van der Waals surface area contributed by atoms with Crippen molar-refractivity contribution >= 4 is 39.0 Å². The second kappa shape index (κ2) is 8.68. The lowest BCUT2D eigenvalue weighted by Gasteiger charge is -2.06. The maximum absolute atomic E-state index is 13.3. The van der Waals surface area contributed by atoms with Crippen LogP contribution in [0.15, 0.2) is 60.7 Å². The number of anilines is 3. The summed E-state index contributed by atoms with van der Waals surface area (Å²) >= 11 is 1.16. The van der Waals surface area contributed by atoms with Crippen molar-refractivity contribution < 1.29 is 9.59 Å². The number of aromatic nitrogens is 2. The average molecular weight is 446 g/mol. The van der Waals surface area contributed by atoms with E-state index in [1.165, 1.54) is 0 Å². The van der Waals surface area contributed by atoms with Gasteiger partial charge in [0, 0.05) is 18.4 Å². The van der Waals surface area contributed by atoms with Gasteiger partial charge in [-0.15, -0.1) is 0 Å². The molecule has 7 nitrogen and oxygen atoms in total. The Morgan fingerprint density at radius 2 is 1.62 bits per heavy atom. The number of rotatable bonds is 6. The molecule has 0 fully saturated rings. The summed E-state index contributed by atoms with van der Waals surface area (Å²) in [4.78, 5) is 29.5. The van der Waals surface area contributed by atoms with Crippen LogP contribution in [0.1, 0.15) is 32.1 Å². The number of benzene rings is 2. The van der Waals surface area contributed by atoms with E-state index in [0.29, 0.717) is 15.7 Å². The van der Waals surface area contributed by atoms with E-state index >= 15 is 0 Å². The largest absolute Gasteiger partial charge is 0.364 e. The van der Waals surface area contributed by atoms with E-state index in [9.17, 15) is 9.59 Å². The summed E-state index contributed by atoms with van der Waals surface area (Å²) in [5, 5.41) is 6.76. The van der Waals surface area contributed by atoms with Crippen LogP contribution in [0.25, 0.3) is 11.3 Å². The predicted molar refractivity (Wildman–Crippen MR) is 129 cm³/mol. The molecule has 2 aromatic heterocycles. The monoisotopic (exact) mass is 445 g/mol. The maximum Gasteiger partial charge on any atom is 0.270 e. The molecule has 0 aliphatic carbocycles. The summed E-state index contributed by atoms with van der Waals surface area (Å²) in [7, 11) is 1.94. The van der Waals surface area contributed by atoms with E-state index < -0.39 is 5.91 Å². The third-order valence-electron chi connectivity index (χ3n) is 5.32. The van der Waals surface area contributed by atoms with Crippen LogP contribution in [0.2, 0.25) is 0 Å². The number of carbonyl (C=O) groups is 2. The van der Waals surface area contributed by atoms with Crippen LogP contribution >= 0.6 is 11.3 Å². The molecule has 4 aromatic rings. The van der Waals surface area contributed by atoms with Crippen molar-refractivity contribution in [1.82, 2.24) is 9.55 Å². The molecule has 0 aliphatic heterocycles. The zero-order valence-electron chi connectivity index (χ0n) is 18.0. The molecule has 162 valence electrons. The predicted octanol–water partition coefficient (Wildman–Crippen LogP) is 4.86. The fourth-order valence-electron chi connectivity index (χ4n) is 3.75. The van der Waals surface area contributed by atoms with Crippen LogP contribution in [0.3, 0.4) is 0 Å². The first-order valence-corrected chi connectivity index (χ1v) is 10.8. The van der Waals surface area contributed by atoms with Gasteiger partial charge in [0.25, 0.3) is 11.8 Å². The molecule has 0 saturated carbocycles. The van der Waals surface area contributed by atoms with Gasteiger partial charge in [-0.25, -0.2) is 4.98 Å². The smallest absolute Gasteiger partial charge is 0.270 e.